The van der Waals surface area contributed by atoms with E-state index in [1.54, 1.807) is 11.3 Å². The lowest BCUT2D eigenvalue weighted by molar-refractivity contribution is 0.0698. The third kappa shape index (κ3) is 4.30. The zero-order chi connectivity index (χ0) is 15.2. The smallest absolute Gasteiger partial charge is 0.264 e. The normalized spacial score (nSPS) is 15.4. The minimum Gasteiger partial charge on any atom is -0.396 e. The van der Waals surface area contributed by atoms with E-state index in [9.17, 15) is 4.79 Å². The second-order valence-electron chi connectivity index (χ2n) is 6.14. The molecule has 21 heavy (non-hydrogen) atoms. The van der Waals surface area contributed by atoms with Gasteiger partial charge in [0.25, 0.3) is 5.91 Å². The SMILES string of the molecule is CC(C)N(CCCO)C(=O)c1cc2c(s1)CCCCCC2. The lowest BCUT2D eigenvalue weighted by atomic mass is 9.99. The summed E-state index contributed by atoms with van der Waals surface area (Å²) in [5, 5.41) is 9.01. The second kappa shape index (κ2) is 7.95. The van der Waals surface area contributed by atoms with Gasteiger partial charge in [0.1, 0.15) is 0 Å². The summed E-state index contributed by atoms with van der Waals surface area (Å²) >= 11 is 1.69. The summed E-state index contributed by atoms with van der Waals surface area (Å²) in [7, 11) is 0. The molecule has 0 unspecified atom stereocenters. The van der Waals surface area contributed by atoms with Gasteiger partial charge >= 0.3 is 0 Å². The van der Waals surface area contributed by atoms with Crippen LogP contribution >= 0.6 is 11.3 Å². The first kappa shape index (κ1) is 16.5. The Kier molecular flexibility index (Phi) is 6.24. The van der Waals surface area contributed by atoms with E-state index in [4.69, 9.17) is 5.11 Å². The van der Waals surface area contributed by atoms with Gasteiger partial charge in [0, 0.05) is 24.1 Å². The Bertz CT molecular complexity index is 442. The summed E-state index contributed by atoms with van der Waals surface area (Å²) in [5.74, 6) is 0.134. The number of aliphatic hydroxyl groups excluding tert-OH is 1. The molecule has 1 aliphatic carbocycles. The molecule has 1 aliphatic rings. The van der Waals surface area contributed by atoms with Gasteiger partial charge in [0.2, 0.25) is 0 Å². The van der Waals surface area contributed by atoms with E-state index in [0.717, 1.165) is 17.7 Å². The van der Waals surface area contributed by atoms with Crippen molar-refractivity contribution in [2.45, 2.75) is 64.8 Å². The van der Waals surface area contributed by atoms with Crippen LogP contribution in [0.4, 0.5) is 0 Å². The maximum atomic E-state index is 12.7. The highest BCUT2D eigenvalue weighted by atomic mass is 32.1. The van der Waals surface area contributed by atoms with Crippen LogP contribution in [0.3, 0.4) is 0 Å². The second-order valence-corrected chi connectivity index (χ2v) is 7.28. The molecule has 1 aromatic heterocycles. The number of thiophene rings is 1. The Balaban J connectivity index is 2.15. The van der Waals surface area contributed by atoms with Gasteiger partial charge in [-0.25, -0.2) is 0 Å². The molecule has 0 atom stereocenters. The first-order valence-electron chi connectivity index (χ1n) is 8.17. The van der Waals surface area contributed by atoms with E-state index >= 15 is 0 Å². The molecule has 1 heterocycles. The van der Waals surface area contributed by atoms with Crippen molar-refractivity contribution in [2.75, 3.05) is 13.2 Å². The fourth-order valence-corrected chi connectivity index (χ4v) is 4.14. The van der Waals surface area contributed by atoms with E-state index in [2.05, 4.69) is 6.07 Å². The standard InChI is InChI=1S/C17H27NO2S/c1-13(2)18(10-7-11-19)17(20)16-12-14-8-5-3-4-6-9-15(14)21-16/h12-13,19H,3-11H2,1-2H3. The van der Waals surface area contributed by atoms with Gasteiger partial charge < -0.3 is 10.0 Å². The number of amides is 1. The van der Waals surface area contributed by atoms with Crippen LogP contribution in [0.15, 0.2) is 6.07 Å². The predicted molar refractivity (Wildman–Crippen MR) is 88.1 cm³/mol. The van der Waals surface area contributed by atoms with Crippen molar-refractivity contribution in [2.24, 2.45) is 0 Å². The number of fused-ring (bicyclic) bond motifs is 1. The number of carbonyl (C=O) groups excluding carboxylic acids is 1. The summed E-state index contributed by atoms with van der Waals surface area (Å²) < 4.78 is 0. The van der Waals surface area contributed by atoms with Crippen LogP contribution in [0.2, 0.25) is 0 Å². The van der Waals surface area contributed by atoms with Crippen LogP contribution in [0, 0.1) is 0 Å². The zero-order valence-electron chi connectivity index (χ0n) is 13.2. The molecule has 0 radical (unpaired) electrons. The Morgan fingerprint density at radius 3 is 2.67 bits per heavy atom. The third-order valence-electron chi connectivity index (χ3n) is 4.15. The van der Waals surface area contributed by atoms with Crippen molar-refractivity contribution in [1.29, 1.82) is 0 Å². The Labute approximate surface area is 132 Å². The van der Waals surface area contributed by atoms with Gasteiger partial charge in [0.15, 0.2) is 0 Å². The minimum absolute atomic E-state index is 0.134. The molecule has 0 aromatic carbocycles. The highest BCUT2D eigenvalue weighted by Crippen LogP contribution is 2.29. The molecule has 0 saturated heterocycles. The van der Waals surface area contributed by atoms with Crippen LogP contribution in [0.1, 0.15) is 66.1 Å². The molecule has 4 heteroatoms. The summed E-state index contributed by atoms with van der Waals surface area (Å²) in [6.45, 7) is 4.85. The topological polar surface area (TPSA) is 40.5 Å². The maximum Gasteiger partial charge on any atom is 0.264 e. The van der Waals surface area contributed by atoms with Crippen molar-refractivity contribution in [3.05, 3.63) is 21.4 Å². The van der Waals surface area contributed by atoms with E-state index in [1.807, 2.05) is 18.7 Å². The number of hydrogen-bond acceptors (Lipinski definition) is 3. The van der Waals surface area contributed by atoms with Gasteiger partial charge in [0.05, 0.1) is 4.88 Å². The Morgan fingerprint density at radius 2 is 2.00 bits per heavy atom. The van der Waals surface area contributed by atoms with E-state index in [0.29, 0.717) is 13.0 Å². The zero-order valence-corrected chi connectivity index (χ0v) is 14.0. The molecule has 0 saturated carbocycles. The minimum atomic E-state index is 0.134. The van der Waals surface area contributed by atoms with E-state index < -0.39 is 0 Å². The molecular formula is C17H27NO2S. The van der Waals surface area contributed by atoms with Crippen LogP contribution in [-0.2, 0) is 12.8 Å². The van der Waals surface area contributed by atoms with E-state index in [1.165, 1.54) is 36.1 Å². The quantitative estimate of drug-likeness (QED) is 0.902. The number of aliphatic hydroxyl groups is 1. The molecule has 118 valence electrons. The first-order valence-corrected chi connectivity index (χ1v) is 8.98. The average molecular weight is 309 g/mol. The highest BCUT2D eigenvalue weighted by Gasteiger charge is 2.22. The Hall–Kier alpha value is -0.870. The third-order valence-corrected chi connectivity index (χ3v) is 5.37. The van der Waals surface area contributed by atoms with Gasteiger partial charge in [-0.1, -0.05) is 12.8 Å². The van der Waals surface area contributed by atoms with Crippen molar-refractivity contribution in [3.8, 4) is 0 Å². The summed E-state index contributed by atoms with van der Waals surface area (Å²) in [5.41, 5.74) is 1.40. The van der Waals surface area contributed by atoms with Crippen molar-refractivity contribution < 1.29 is 9.90 Å². The Morgan fingerprint density at radius 1 is 1.29 bits per heavy atom. The van der Waals surface area contributed by atoms with Gasteiger partial charge in [-0.2, -0.15) is 0 Å². The fraction of sp³-hybridized carbons (Fsp3) is 0.706. The summed E-state index contributed by atoms with van der Waals surface area (Å²) in [6, 6.07) is 2.30. The number of aryl methyl sites for hydroxylation is 2. The maximum absolute atomic E-state index is 12.7. The predicted octanol–water partition coefficient (Wildman–Crippen LogP) is 3.64. The molecule has 2 rings (SSSR count). The number of rotatable bonds is 5. The largest absolute Gasteiger partial charge is 0.396 e. The van der Waals surface area contributed by atoms with Crippen LogP contribution < -0.4 is 0 Å². The molecule has 0 spiro atoms. The highest BCUT2D eigenvalue weighted by molar-refractivity contribution is 7.14. The number of nitrogens with zero attached hydrogens (tertiary/aromatic N) is 1. The molecule has 1 aromatic rings. The van der Waals surface area contributed by atoms with Gasteiger partial charge in [-0.3, -0.25) is 4.79 Å². The molecule has 1 amide bonds. The molecule has 3 nitrogen and oxygen atoms in total. The average Bonchev–Trinajstić information content (AvgIpc) is 2.81. The van der Waals surface area contributed by atoms with E-state index in [-0.39, 0.29) is 18.6 Å². The van der Waals surface area contributed by atoms with Gasteiger partial charge in [-0.05, 0) is 57.6 Å². The summed E-state index contributed by atoms with van der Waals surface area (Å²) in [6.07, 6.45) is 8.02. The summed E-state index contributed by atoms with van der Waals surface area (Å²) in [4.78, 5) is 16.9. The lowest BCUT2D eigenvalue weighted by Gasteiger charge is -2.26. The fourth-order valence-electron chi connectivity index (χ4n) is 2.93. The van der Waals surface area contributed by atoms with Crippen molar-refractivity contribution in [1.82, 2.24) is 4.90 Å². The van der Waals surface area contributed by atoms with Crippen LogP contribution in [0.5, 0.6) is 0 Å². The van der Waals surface area contributed by atoms with Crippen molar-refractivity contribution >= 4 is 17.2 Å². The molecule has 0 bridgehead atoms. The van der Waals surface area contributed by atoms with Crippen LogP contribution in [0.25, 0.3) is 0 Å². The molecule has 0 fully saturated rings. The van der Waals surface area contributed by atoms with Crippen LogP contribution in [-0.4, -0.2) is 35.1 Å². The lowest BCUT2D eigenvalue weighted by Crippen LogP contribution is -2.37. The molecule has 1 N–H and O–H groups in total. The molecular weight excluding hydrogens is 282 g/mol. The first-order chi connectivity index (χ1) is 10.1. The van der Waals surface area contributed by atoms with Gasteiger partial charge in [-0.15, -0.1) is 11.3 Å². The number of carbonyl (C=O) groups is 1. The monoisotopic (exact) mass is 309 g/mol. The number of hydrogen-bond donors (Lipinski definition) is 1. The molecule has 0 aliphatic heterocycles. The van der Waals surface area contributed by atoms with Crippen molar-refractivity contribution in [3.63, 3.8) is 0 Å².